The molecule has 1 aliphatic rings. The van der Waals surface area contributed by atoms with Crippen LogP contribution < -0.4 is 5.32 Å². The van der Waals surface area contributed by atoms with E-state index < -0.39 is 0 Å². The highest BCUT2D eigenvalue weighted by atomic mass is 15.0. The predicted octanol–water partition coefficient (Wildman–Crippen LogP) is 1.95. The van der Waals surface area contributed by atoms with Gasteiger partial charge in [0.05, 0.1) is 0 Å². The second kappa shape index (κ2) is 2.75. The Kier molecular flexibility index (Phi) is 2.14. The van der Waals surface area contributed by atoms with Gasteiger partial charge in [0, 0.05) is 12.1 Å². The zero-order chi connectivity index (χ0) is 7.72. The average molecular weight is 139 g/mol. The Morgan fingerprint density at radius 1 is 1.50 bits per heavy atom. The lowest BCUT2D eigenvalue weighted by Crippen LogP contribution is -2.26. The van der Waals surface area contributed by atoms with E-state index in [1.807, 2.05) is 0 Å². The Hall–Kier alpha value is -0.300. The molecule has 2 unspecified atom stereocenters. The molecule has 0 aromatic heterocycles. The van der Waals surface area contributed by atoms with Crippen LogP contribution in [0.4, 0.5) is 0 Å². The fourth-order valence-corrected chi connectivity index (χ4v) is 1.85. The van der Waals surface area contributed by atoms with E-state index in [0.29, 0.717) is 18.0 Å². The fraction of sp³-hybridized carbons (Fsp3) is 0.778. The van der Waals surface area contributed by atoms with Crippen molar-refractivity contribution in [1.29, 1.82) is 0 Å². The second-order valence-corrected chi connectivity index (χ2v) is 3.54. The van der Waals surface area contributed by atoms with Crippen molar-refractivity contribution in [3.8, 4) is 0 Å². The molecule has 1 heteroatoms. The molecular formula is C9H17N. The van der Waals surface area contributed by atoms with Crippen molar-refractivity contribution in [2.24, 2.45) is 5.92 Å². The van der Waals surface area contributed by atoms with Gasteiger partial charge in [-0.2, -0.15) is 0 Å². The summed E-state index contributed by atoms with van der Waals surface area (Å²) in [5.74, 6) is 0.704. The monoisotopic (exact) mass is 139 g/mol. The van der Waals surface area contributed by atoms with Crippen LogP contribution in [0.5, 0.6) is 0 Å². The Bertz CT molecular complexity index is 140. The van der Waals surface area contributed by atoms with Crippen LogP contribution in [-0.4, -0.2) is 12.1 Å². The lowest BCUT2D eigenvalue weighted by molar-refractivity contribution is 0.539. The SMILES string of the molecule is C=C(C)[C@H]1CC(C)NC1C. The van der Waals surface area contributed by atoms with Gasteiger partial charge in [0.1, 0.15) is 0 Å². The van der Waals surface area contributed by atoms with Crippen LogP contribution in [0.15, 0.2) is 12.2 Å². The predicted molar refractivity (Wildman–Crippen MR) is 45.0 cm³/mol. The summed E-state index contributed by atoms with van der Waals surface area (Å²) in [5, 5.41) is 3.49. The quantitative estimate of drug-likeness (QED) is 0.547. The third kappa shape index (κ3) is 1.40. The lowest BCUT2D eigenvalue weighted by Gasteiger charge is -2.13. The van der Waals surface area contributed by atoms with Crippen molar-refractivity contribution < 1.29 is 0 Å². The topological polar surface area (TPSA) is 12.0 Å². The molecule has 10 heavy (non-hydrogen) atoms. The maximum atomic E-state index is 3.98. The molecule has 0 bridgehead atoms. The molecule has 0 aromatic carbocycles. The molecule has 0 aliphatic carbocycles. The first-order valence-corrected chi connectivity index (χ1v) is 4.02. The molecule has 0 saturated carbocycles. The van der Waals surface area contributed by atoms with Crippen LogP contribution in [0, 0.1) is 5.92 Å². The molecule has 0 radical (unpaired) electrons. The molecule has 1 heterocycles. The van der Waals surface area contributed by atoms with Crippen LogP contribution in [0.2, 0.25) is 0 Å². The standard InChI is InChI=1S/C9H17N/c1-6(2)9-5-7(3)10-8(9)4/h7-10H,1,5H2,2-4H3/t7?,8?,9-/m1/s1. The summed E-state index contributed by atoms with van der Waals surface area (Å²) in [5.41, 5.74) is 1.32. The average Bonchev–Trinajstić information content (AvgIpc) is 2.10. The van der Waals surface area contributed by atoms with E-state index in [-0.39, 0.29) is 0 Å². The highest BCUT2D eigenvalue weighted by Gasteiger charge is 2.27. The Balaban J connectivity index is 2.54. The van der Waals surface area contributed by atoms with Crippen molar-refractivity contribution in [2.45, 2.75) is 39.3 Å². The Labute approximate surface area is 63.5 Å². The smallest absolute Gasteiger partial charge is 0.0107 e. The molecule has 1 fully saturated rings. The number of hydrogen-bond acceptors (Lipinski definition) is 1. The minimum atomic E-state index is 0.632. The summed E-state index contributed by atoms with van der Waals surface area (Å²) in [6, 6.07) is 1.31. The summed E-state index contributed by atoms with van der Waals surface area (Å²) in [6.45, 7) is 10.6. The van der Waals surface area contributed by atoms with E-state index in [9.17, 15) is 0 Å². The molecule has 3 atom stereocenters. The van der Waals surface area contributed by atoms with Gasteiger partial charge in [-0.1, -0.05) is 12.2 Å². The van der Waals surface area contributed by atoms with Gasteiger partial charge in [-0.3, -0.25) is 0 Å². The van der Waals surface area contributed by atoms with Crippen LogP contribution in [0.25, 0.3) is 0 Å². The summed E-state index contributed by atoms with van der Waals surface area (Å²) < 4.78 is 0. The van der Waals surface area contributed by atoms with Gasteiger partial charge in [0.25, 0.3) is 0 Å². The minimum Gasteiger partial charge on any atom is -0.311 e. The van der Waals surface area contributed by atoms with E-state index in [4.69, 9.17) is 0 Å². The van der Waals surface area contributed by atoms with Crippen molar-refractivity contribution in [2.75, 3.05) is 0 Å². The molecule has 1 aliphatic heterocycles. The van der Waals surface area contributed by atoms with Crippen molar-refractivity contribution in [3.05, 3.63) is 12.2 Å². The zero-order valence-electron chi connectivity index (χ0n) is 7.15. The third-order valence-electron chi connectivity index (χ3n) is 2.39. The molecule has 1 saturated heterocycles. The second-order valence-electron chi connectivity index (χ2n) is 3.54. The number of hydrogen-bond donors (Lipinski definition) is 1. The molecule has 0 amide bonds. The maximum Gasteiger partial charge on any atom is 0.0107 e. The summed E-state index contributed by atoms with van der Waals surface area (Å²) in [4.78, 5) is 0. The van der Waals surface area contributed by atoms with Gasteiger partial charge in [0.2, 0.25) is 0 Å². The molecule has 0 spiro atoms. The maximum absolute atomic E-state index is 3.98. The summed E-state index contributed by atoms with van der Waals surface area (Å²) >= 11 is 0. The Morgan fingerprint density at radius 2 is 2.10 bits per heavy atom. The third-order valence-corrected chi connectivity index (χ3v) is 2.39. The molecule has 1 nitrogen and oxygen atoms in total. The van der Waals surface area contributed by atoms with Crippen LogP contribution >= 0.6 is 0 Å². The van der Waals surface area contributed by atoms with Gasteiger partial charge in [-0.05, 0) is 33.1 Å². The molecule has 0 aromatic rings. The summed E-state index contributed by atoms with van der Waals surface area (Å²) in [7, 11) is 0. The van der Waals surface area contributed by atoms with Crippen molar-refractivity contribution in [3.63, 3.8) is 0 Å². The van der Waals surface area contributed by atoms with Gasteiger partial charge >= 0.3 is 0 Å². The van der Waals surface area contributed by atoms with Crippen molar-refractivity contribution >= 4 is 0 Å². The minimum absolute atomic E-state index is 0.632. The largest absolute Gasteiger partial charge is 0.311 e. The number of rotatable bonds is 1. The first kappa shape index (κ1) is 7.80. The van der Waals surface area contributed by atoms with Crippen molar-refractivity contribution in [1.82, 2.24) is 5.32 Å². The lowest BCUT2D eigenvalue weighted by atomic mass is 9.94. The fourth-order valence-electron chi connectivity index (χ4n) is 1.85. The van der Waals surface area contributed by atoms with Gasteiger partial charge in [0.15, 0.2) is 0 Å². The zero-order valence-corrected chi connectivity index (χ0v) is 7.15. The van der Waals surface area contributed by atoms with Crippen LogP contribution in [-0.2, 0) is 0 Å². The molecular weight excluding hydrogens is 122 g/mol. The van der Waals surface area contributed by atoms with Gasteiger partial charge in [-0.15, -0.1) is 0 Å². The van der Waals surface area contributed by atoms with E-state index in [2.05, 4.69) is 32.7 Å². The molecule has 1 rings (SSSR count). The normalized spacial score (nSPS) is 40.1. The van der Waals surface area contributed by atoms with E-state index in [1.54, 1.807) is 0 Å². The highest BCUT2D eigenvalue weighted by Crippen LogP contribution is 2.25. The molecule has 58 valence electrons. The first-order chi connectivity index (χ1) is 4.61. The van der Waals surface area contributed by atoms with Gasteiger partial charge < -0.3 is 5.32 Å². The highest BCUT2D eigenvalue weighted by molar-refractivity contribution is 5.05. The molecule has 1 N–H and O–H groups in total. The van der Waals surface area contributed by atoms with Crippen LogP contribution in [0.1, 0.15) is 27.2 Å². The summed E-state index contributed by atoms with van der Waals surface area (Å²) in [6.07, 6.45) is 1.26. The number of nitrogens with one attached hydrogen (secondary N) is 1. The van der Waals surface area contributed by atoms with Crippen LogP contribution in [0.3, 0.4) is 0 Å². The van der Waals surface area contributed by atoms with E-state index in [0.717, 1.165) is 0 Å². The first-order valence-electron chi connectivity index (χ1n) is 4.02. The van der Waals surface area contributed by atoms with E-state index in [1.165, 1.54) is 12.0 Å². The van der Waals surface area contributed by atoms with Gasteiger partial charge in [-0.25, -0.2) is 0 Å². The van der Waals surface area contributed by atoms with E-state index >= 15 is 0 Å². The Morgan fingerprint density at radius 3 is 2.30 bits per heavy atom.